The van der Waals surface area contributed by atoms with Gasteiger partial charge in [-0.25, -0.2) is 13.6 Å². The molecule has 112 valence electrons. The Kier molecular flexibility index (Phi) is 4.39. The number of benzene rings is 1. The van der Waals surface area contributed by atoms with E-state index in [1.165, 1.54) is 0 Å². The van der Waals surface area contributed by atoms with Crippen LogP contribution in [0.1, 0.15) is 36.8 Å². The first-order valence-corrected chi connectivity index (χ1v) is 8.72. The highest BCUT2D eigenvalue weighted by atomic mass is 32.2. The molecule has 1 aromatic rings. The molecule has 2 N–H and O–H groups in total. The van der Waals surface area contributed by atoms with Gasteiger partial charge in [-0.05, 0) is 43.9 Å². The maximum Gasteiger partial charge on any atom is 0.209 e. The molecule has 0 amide bonds. The Morgan fingerprint density at radius 3 is 2.50 bits per heavy atom. The summed E-state index contributed by atoms with van der Waals surface area (Å²) in [5.41, 5.74) is 1.89. The smallest absolute Gasteiger partial charge is 0.209 e. The molecule has 0 aliphatic heterocycles. The molecular weight excluding hydrogens is 274 g/mol. The minimum absolute atomic E-state index is 0.0187. The van der Waals surface area contributed by atoms with E-state index in [0.29, 0.717) is 6.61 Å². The highest BCUT2D eigenvalue weighted by Crippen LogP contribution is 2.39. The van der Waals surface area contributed by atoms with Gasteiger partial charge in [-0.1, -0.05) is 25.0 Å². The Morgan fingerprint density at radius 2 is 1.90 bits per heavy atom. The van der Waals surface area contributed by atoms with Crippen LogP contribution in [0.2, 0.25) is 0 Å². The number of hydrogen-bond acceptors (Lipinski definition) is 3. The monoisotopic (exact) mass is 297 g/mol. The molecule has 20 heavy (non-hydrogen) atoms. The molecule has 1 aliphatic rings. The molecule has 1 saturated carbocycles. The van der Waals surface area contributed by atoms with Crippen LogP contribution in [0.15, 0.2) is 18.2 Å². The van der Waals surface area contributed by atoms with Gasteiger partial charge in [-0.2, -0.15) is 0 Å². The standard InChI is InChI=1S/C15H23NO3S/c1-12-5-6-13(2)14(9-12)19-10-15(7-3-4-8-15)11-20(16,17)18/h5-6,9H,3-4,7-8,10-11H2,1-2H3,(H2,16,17,18). The number of ether oxygens (including phenoxy) is 1. The number of sulfonamides is 1. The number of nitrogens with two attached hydrogens (primary N) is 1. The second-order valence-corrected chi connectivity index (χ2v) is 7.69. The minimum Gasteiger partial charge on any atom is -0.493 e. The lowest BCUT2D eigenvalue weighted by Gasteiger charge is -2.28. The Hall–Kier alpha value is -1.07. The van der Waals surface area contributed by atoms with Crippen LogP contribution in [-0.4, -0.2) is 20.8 Å². The van der Waals surface area contributed by atoms with Crippen molar-refractivity contribution in [1.82, 2.24) is 0 Å². The van der Waals surface area contributed by atoms with Crippen molar-refractivity contribution in [3.05, 3.63) is 29.3 Å². The van der Waals surface area contributed by atoms with Crippen LogP contribution in [0, 0.1) is 19.3 Å². The number of hydrogen-bond donors (Lipinski definition) is 1. The van der Waals surface area contributed by atoms with E-state index >= 15 is 0 Å². The molecule has 0 aromatic heterocycles. The summed E-state index contributed by atoms with van der Waals surface area (Å²) in [7, 11) is -3.47. The molecule has 1 aliphatic carbocycles. The van der Waals surface area contributed by atoms with Gasteiger partial charge in [0.25, 0.3) is 0 Å². The lowest BCUT2D eigenvalue weighted by molar-refractivity contribution is 0.169. The normalized spacial score (nSPS) is 18.1. The Bertz CT molecular complexity index is 575. The van der Waals surface area contributed by atoms with Crippen molar-refractivity contribution < 1.29 is 13.2 Å². The van der Waals surface area contributed by atoms with Crippen molar-refractivity contribution in [2.24, 2.45) is 10.6 Å². The summed E-state index contributed by atoms with van der Waals surface area (Å²) in [4.78, 5) is 0. The largest absolute Gasteiger partial charge is 0.493 e. The topological polar surface area (TPSA) is 69.4 Å². The molecule has 0 bridgehead atoms. The average Bonchev–Trinajstić information content (AvgIpc) is 2.77. The fraction of sp³-hybridized carbons (Fsp3) is 0.600. The summed E-state index contributed by atoms with van der Waals surface area (Å²) >= 11 is 0. The van der Waals surface area contributed by atoms with Crippen molar-refractivity contribution in [1.29, 1.82) is 0 Å². The molecular formula is C15H23NO3S. The van der Waals surface area contributed by atoms with Crippen LogP contribution in [0.4, 0.5) is 0 Å². The van der Waals surface area contributed by atoms with Gasteiger partial charge in [0.1, 0.15) is 5.75 Å². The molecule has 0 radical (unpaired) electrons. The average molecular weight is 297 g/mol. The first-order chi connectivity index (χ1) is 9.30. The van der Waals surface area contributed by atoms with Crippen molar-refractivity contribution >= 4 is 10.0 Å². The Morgan fingerprint density at radius 1 is 1.25 bits per heavy atom. The van der Waals surface area contributed by atoms with E-state index in [2.05, 4.69) is 0 Å². The predicted molar refractivity (Wildman–Crippen MR) is 80.3 cm³/mol. The maximum absolute atomic E-state index is 11.4. The first-order valence-electron chi connectivity index (χ1n) is 7.00. The molecule has 5 heteroatoms. The molecule has 0 heterocycles. The summed E-state index contributed by atoms with van der Waals surface area (Å²) in [5, 5.41) is 5.24. The van der Waals surface area contributed by atoms with Crippen LogP contribution >= 0.6 is 0 Å². The lowest BCUT2D eigenvalue weighted by atomic mass is 9.90. The predicted octanol–water partition coefficient (Wildman–Crippen LogP) is 2.53. The van der Waals surface area contributed by atoms with E-state index in [1.54, 1.807) is 0 Å². The van der Waals surface area contributed by atoms with Gasteiger partial charge in [-0.3, -0.25) is 0 Å². The van der Waals surface area contributed by atoms with Gasteiger partial charge in [0, 0.05) is 5.41 Å². The van der Waals surface area contributed by atoms with Gasteiger partial charge >= 0.3 is 0 Å². The van der Waals surface area contributed by atoms with E-state index in [9.17, 15) is 8.42 Å². The van der Waals surface area contributed by atoms with Gasteiger partial charge in [0.15, 0.2) is 0 Å². The van der Waals surface area contributed by atoms with E-state index in [1.807, 2.05) is 32.0 Å². The quantitative estimate of drug-likeness (QED) is 0.908. The first kappa shape index (κ1) is 15.3. The third-order valence-electron chi connectivity index (χ3n) is 4.05. The minimum atomic E-state index is -3.47. The Balaban J connectivity index is 2.11. The van der Waals surface area contributed by atoms with E-state index in [0.717, 1.165) is 42.6 Å². The Labute approximate surface area is 121 Å². The zero-order valence-electron chi connectivity index (χ0n) is 12.2. The van der Waals surface area contributed by atoms with E-state index < -0.39 is 10.0 Å². The number of rotatable bonds is 5. The van der Waals surface area contributed by atoms with Crippen molar-refractivity contribution in [2.75, 3.05) is 12.4 Å². The van der Waals surface area contributed by atoms with Crippen LogP contribution in [0.3, 0.4) is 0 Å². The van der Waals surface area contributed by atoms with Gasteiger partial charge in [0.2, 0.25) is 10.0 Å². The van der Waals surface area contributed by atoms with Crippen molar-refractivity contribution in [2.45, 2.75) is 39.5 Å². The van der Waals surface area contributed by atoms with Crippen LogP contribution in [0.5, 0.6) is 5.75 Å². The third-order valence-corrected chi connectivity index (χ3v) is 5.06. The maximum atomic E-state index is 11.4. The second-order valence-electron chi connectivity index (χ2n) is 6.07. The number of primary sulfonamides is 1. The van der Waals surface area contributed by atoms with Crippen LogP contribution < -0.4 is 9.88 Å². The van der Waals surface area contributed by atoms with Gasteiger partial charge < -0.3 is 4.74 Å². The van der Waals surface area contributed by atoms with Gasteiger partial charge in [0.05, 0.1) is 12.4 Å². The zero-order valence-corrected chi connectivity index (χ0v) is 13.0. The molecule has 1 aromatic carbocycles. The molecule has 0 atom stereocenters. The number of aryl methyl sites for hydroxylation is 2. The summed E-state index contributed by atoms with van der Waals surface area (Å²) in [6.45, 7) is 4.44. The fourth-order valence-corrected chi connectivity index (χ4v) is 4.20. The SMILES string of the molecule is Cc1ccc(C)c(OCC2(CS(N)(=O)=O)CCCC2)c1. The molecule has 4 nitrogen and oxygen atoms in total. The van der Waals surface area contributed by atoms with Crippen molar-refractivity contribution in [3.63, 3.8) is 0 Å². The highest BCUT2D eigenvalue weighted by molar-refractivity contribution is 7.89. The van der Waals surface area contributed by atoms with Crippen LogP contribution in [-0.2, 0) is 10.0 Å². The fourth-order valence-electron chi connectivity index (χ4n) is 2.98. The van der Waals surface area contributed by atoms with E-state index in [4.69, 9.17) is 9.88 Å². The van der Waals surface area contributed by atoms with Crippen LogP contribution in [0.25, 0.3) is 0 Å². The van der Waals surface area contributed by atoms with Gasteiger partial charge in [-0.15, -0.1) is 0 Å². The second kappa shape index (κ2) is 5.74. The van der Waals surface area contributed by atoms with Crippen molar-refractivity contribution in [3.8, 4) is 5.75 Å². The molecule has 0 spiro atoms. The summed E-state index contributed by atoms with van der Waals surface area (Å²) in [6.07, 6.45) is 3.83. The summed E-state index contributed by atoms with van der Waals surface area (Å²) in [6, 6.07) is 6.05. The lowest BCUT2D eigenvalue weighted by Crippen LogP contribution is -2.36. The van der Waals surface area contributed by atoms with E-state index in [-0.39, 0.29) is 11.2 Å². The molecule has 0 unspecified atom stereocenters. The molecule has 2 rings (SSSR count). The third kappa shape index (κ3) is 3.96. The summed E-state index contributed by atoms with van der Waals surface area (Å²) < 4.78 is 28.8. The summed E-state index contributed by atoms with van der Waals surface area (Å²) in [5.74, 6) is 0.857. The molecule has 1 fully saturated rings. The highest BCUT2D eigenvalue weighted by Gasteiger charge is 2.38. The molecule has 0 saturated heterocycles. The zero-order chi connectivity index (χ0) is 14.8.